The molecule has 0 spiro atoms. The number of hydrogen-bond donors (Lipinski definition) is 3. The van der Waals surface area contributed by atoms with Crippen LogP contribution in [0.1, 0.15) is 53.3 Å². The zero-order chi connectivity index (χ0) is 26.0. The highest BCUT2D eigenvalue weighted by molar-refractivity contribution is 5.86. The Bertz CT molecular complexity index is 1700. The smallest absolute Gasteiger partial charge is 0.126 e. The van der Waals surface area contributed by atoms with Crippen molar-refractivity contribution in [2.24, 2.45) is 0 Å². The minimum atomic E-state index is 0.304. The van der Waals surface area contributed by atoms with Crippen LogP contribution in [0.2, 0.25) is 0 Å². The molecule has 2 aliphatic rings. The first kappa shape index (κ1) is 23.8. The molecule has 2 aliphatic carbocycles. The third-order valence-electron chi connectivity index (χ3n) is 8.41. The van der Waals surface area contributed by atoms with Crippen LogP contribution in [0.15, 0.2) is 103 Å². The van der Waals surface area contributed by atoms with Gasteiger partial charge in [0.25, 0.3) is 0 Å². The molecule has 4 nitrogen and oxygen atoms in total. The van der Waals surface area contributed by atoms with Gasteiger partial charge in [0, 0.05) is 51.4 Å². The van der Waals surface area contributed by atoms with E-state index in [9.17, 15) is 0 Å². The van der Waals surface area contributed by atoms with Crippen LogP contribution in [0.25, 0.3) is 21.8 Å². The molecule has 2 atom stereocenters. The third kappa shape index (κ3) is 4.61. The van der Waals surface area contributed by atoms with Crippen molar-refractivity contribution < 1.29 is 0 Å². The highest BCUT2D eigenvalue weighted by Crippen LogP contribution is 2.42. The molecule has 0 saturated heterocycles. The molecule has 194 valence electrons. The van der Waals surface area contributed by atoms with E-state index < -0.39 is 0 Å². The molecule has 39 heavy (non-hydrogen) atoms. The molecule has 0 radical (unpaired) electrons. The van der Waals surface area contributed by atoms with Gasteiger partial charge >= 0.3 is 0 Å². The van der Waals surface area contributed by atoms with Crippen molar-refractivity contribution in [3.05, 3.63) is 131 Å². The van der Waals surface area contributed by atoms with Crippen LogP contribution in [-0.2, 0) is 19.3 Å². The minimum absolute atomic E-state index is 0.304. The fraction of sp³-hybridized carbons (Fsp3) is 0.229. The van der Waals surface area contributed by atoms with Gasteiger partial charge in [-0.2, -0.15) is 0 Å². The standard InChI is InChI=1S/C23H21N3.C12H13N/c1-2-8-16(9-3-1)22-19(26-21-12-6-7-15-24-21)13-14-20-23(22)17-10-4-5-11-18(17)25-20;1-3-7-11-9(5-1)10-6-2-4-8-12(10)13-11/h1-12,15,19,22,25H,13-14H2,(H,24,26);1,3,5,7,13H,2,4,6,8H2. The molecule has 8 rings (SSSR count). The molecule has 3 heterocycles. The average molecular weight is 511 g/mol. The Morgan fingerprint density at radius 1 is 0.641 bits per heavy atom. The first-order valence-electron chi connectivity index (χ1n) is 14.3. The lowest BCUT2D eigenvalue weighted by atomic mass is 9.77. The average Bonchev–Trinajstić information content (AvgIpc) is 3.57. The van der Waals surface area contributed by atoms with E-state index in [1.807, 2.05) is 24.4 Å². The Morgan fingerprint density at radius 3 is 2.15 bits per heavy atom. The van der Waals surface area contributed by atoms with Crippen LogP contribution >= 0.6 is 0 Å². The Labute approximate surface area is 229 Å². The summed E-state index contributed by atoms with van der Waals surface area (Å²) >= 11 is 0. The number of pyridine rings is 1. The quantitative estimate of drug-likeness (QED) is 0.225. The molecule has 2 unspecified atom stereocenters. The van der Waals surface area contributed by atoms with Crippen molar-refractivity contribution in [3.63, 3.8) is 0 Å². The van der Waals surface area contributed by atoms with Gasteiger partial charge in [0.2, 0.25) is 0 Å². The summed E-state index contributed by atoms with van der Waals surface area (Å²) < 4.78 is 0. The SMILES string of the molecule is c1ccc(C2c3c([nH]c4ccccc34)CCC2Nc2ccccn2)cc1.c1ccc2c3c([nH]c2c1)CCCC3. The number of H-pyrrole nitrogens is 2. The summed E-state index contributed by atoms with van der Waals surface area (Å²) in [4.78, 5) is 11.7. The van der Waals surface area contributed by atoms with E-state index in [4.69, 9.17) is 0 Å². The Morgan fingerprint density at radius 2 is 1.33 bits per heavy atom. The van der Waals surface area contributed by atoms with E-state index in [0.29, 0.717) is 12.0 Å². The highest BCUT2D eigenvalue weighted by atomic mass is 15.0. The Balaban J connectivity index is 0.000000162. The van der Waals surface area contributed by atoms with E-state index in [0.717, 1.165) is 18.7 Å². The van der Waals surface area contributed by atoms with Gasteiger partial charge in [-0.3, -0.25) is 0 Å². The number of benzene rings is 3. The summed E-state index contributed by atoms with van der Waals surface area (Å²) in [5.41, 5.74) is 9.76. The van der Waals surface area contributed by atoms with Gasteiger partial charge in [0.05, 0.1) is 0 Å². The van der Waals surface area contributed by atoms with Crippen molar-refractivity contribution in [2.75, 3.05) is 5.32 Å². The maximum atomic E-state index is 4.49. The number of nitrogens with one attached hydrogen (secondary N) is 3. The Kier molecular flexibility index (Phi) is 6.37. The zero-order valence-electron chi connectivity index (χ0n) is 22.2. The number of fused-ring (bicyclic) bond motifs is 6. The number of para-hydroxylation sites is 2. The normalized spacial score (nSPS) is 18.2. The first-order valence-corrected chi connectivity index (χ1v) is 14.3. The molecule has 3 aromatic carbocycles. The number of rotatable bonds is 3. The molecular weight excluding hydrogens is 476 g/mol. The molecule has 0 aliphatic heterocycles. The molecular formula is C35H34N4. The molecule has 3 aromatic heterocycles. The van der Waals surface area contributed by atoms with E-state index in [1.165, 1.54) is 70.0 Å². The van der Waals surface area contributed by atoms with E-state index in [-0.39, 0.29) is 0 Å². The molecule has 3 N–H and O–H groups in total. The van der Waals surface area contributed by atoms with Crippen molar-refractivity contribution in [3.8, 4) is 0 Å². The van der Waals surface area contributed by atoms with Crippen molar-refractivity contribution in [1.29, 1.82) is 0 Å². The lowest BCUT2D eigenvalue weighted by Crippen LogP contribution is -2.33. The molecule has 6 aromatic rings. The lowest BCUT2D eigenvalue weighted by Gasteiger charge is -2.33. The van der Waals surface area contributed by atoms with Crippen LogP contribution in [0, 0.1) is 0 Å². The lowest BCUT2D eigenvalue weighted by molar-refractivity contribution is 0.547. The van der Waals surface area contributed by atoms with Crippen LogP contribution in [0.4, 0.5) is 5.82 Å². The van der Waals surface area contributed by atoms with Crippen molar-refractivity contribution in [1.82, 2.24) is 15.0 Å². The summed E-state index contributed by atoms with van der Waals surface area (Å²) in [7, 11) is 0. The summed E-state index contributed by atoms with van der Waals surface area (Å²) in [6, 6.07) is 34.5. The first-order chi connectivity index (χ1) is 19.3. The van der Waals surface area contributed by atoms with Gasteiger partial charge in [0.15, 0.2) is 0 Å². The van der Waals surface area contributed by atoms with Gasteiger partial charge < -0.3 is 15.3 Å². The topological polar surface area (TPSA) is 56.5 Å². The maximum Gasteiger partial charge on any atom is 0.126 e. The number of nitrogens with zero attached hydrogens (tertiary/aromatic N) is 1. The second kappa shape index (κ2) is 10.5. The van der Waals surface area contributed by atoms with Crippen LogP contribution in [0.5, 0.6) is 0 Å². The van der Waals surface area contributed by atoms with Crippen LogP contribution < -0.4 is 5.32 Å². The van der Waals surface area contributed by atoms with E-state index >= 15 is 0 Å². The number of hydrogen-bond acceptors (Lipinski definition) is 2. The minimum Gasteiger partial charge on any atom is -0.366 e. The van der Waals surface area contributed by atoms with Gasteiger partial charge in [-0.05, 0) is 79.5 Å². The number of aromatic nitrogens is 3. The van der Waals surface area contributed by atoms with E-state index in [2.05, 4.69) is 99.1 Å². The number of anilines is 1. The molecule has 4 heteroatoms. The van der Waals surface area contributed by atoms with Crippen molar-refractivity contribution >= 4 is 27.6 Å². The van der Waals surface area contributed by atoms with Gasteiger partial charge in [-0.25, -0.2) is 4.98 Å². The maximum absolute atomic E-state index is 4.49. The summed E-state index contributed by atoms with van der Waals surface area (Å²) in [6.45, 7) is 0. The number of aromatic amines is 2. The summed E-state index contributed by atoms with van der Waals surface area (Å²) in [5, 5.41) is 6.48. The summed E-state index contributed by atoms with van der Waals surface area (Å²) in [5.74, 6) is 1.25. The fourth-order valence-corrected chi connectivity index (χ4v) is 6.65. The Hall–Kier alpha value is -4.31. The number of aryl methyl sites for hydroxylation is 3. The summed E-state index contributed by atoms with van der Waals surface area (Å²) in [6.07, 6.45) is 9.19. The largest absolute Gasteiger partial charge is 0.366 e. The molecule has 0 fully saturated rings. The predicted octanol–water partition coefficient (Wildman–Crippen LogP) is 8.17. The molecule has 0 saturated carbocycles. The highest BCUT2D eigenvalue weighted by Gasteiger charge is 2.33. The predicted molar refractivity (Wildman–Crippen MR) is 161 cm³/mol. The zero-order valence-corrected chi connectivity index (χ0v) is 22.2. The molecule has 0 amide bonds. The van der Waals surface area contributed by atoms with Crippen LogP contribution in [0.3, 0.4) is 0 Å². The van der Waals surface area contributed by atoms with Gasteiger partial charge in [-0.1, -0.05) is 72.8 Å². The van der Waals surface area contributed by atoms with Crippen LogP contribution in [-0.4, -0.2) is 21.0 Å². The fourth-order valence-electron chi connectivity index (χ4n) is 6.65. The second-order valence-electron chi connectivity index (χ2n) is 10.8. The monoisotopic (exact) mass is 510 g/mol. The van der Waals surface area contributed by atoms with Gasteiger partial charge in [-0.15, -0.1) is 0 Å². The molecule has 0 bridgehead atoms. The second-order valence-corrected chi connectivity index (χ2v) is 10.8. The van der Waals surface area contributed by atoms with E-state index in [1.54, 1.807) is 5.56 Å². The third-order valence-corrected chi connectivity index (χ3v) is 8.41. The van der Waals surface area contributed by atoms with Gasteiger partial charge in [0.1, 0.15) is 5.82 Å². The van der Waals surface area contributed by atoms with Crippen molar-refractivity contribution in [2.45, 2.75) is 50.5 Å².